The molecule has 3 aromatic heterocycles. The van der Waals surface area contributed by atoms with Crippen LogP contribution in [0.3, 0.4) is 0 Å². The van der Waals surface area contributed by atoms with Crippen molar-refractivity contribution in [2.45, 2.75) is 0 Å². The van der Waals surface area contributed by atoms with Crippen LogP contribution in [0.4, 0.5) is 0 Å². The molecular weight excluding hydrogens is 314 g/mol. The Hall–Kier alpha value is -2.88. The van der Waals surface area contributed by atoms with Crippen LogP contribution >= 0.6 is 11.6 Å². The van der Waals surface area contributed by atoms with Gasteiger partial charge in [-0.1, -0.05) is 16.8 Å². The maximum atomic E-state index is 12.0. The lowest BCUT2D eigenvalue weighted by Gasteiger charge is -1.99. The maximum absolute atomic E-state index is 12.0. The summed E-state index contributed by atoms with van der Waals surface area (Å²) < 4.78 is 8.49. The Kier molecular flexibility index (Phi) is 3.29. The van der Waals surface area contributed by atoms with E-state index < -0.39 is 11.6 Å². The van der Waals surface area contributed by atoms with E-state index >= 15 is 0 Å². The second-order valence-corrected chi connectivity index (χ2v) is 4.80. The second kappa shape index (κ2) is 5.15. The Labute approximate surface area is 127 Å². The number of halogens is 1. The van der Waals surface area contributed by atoms with Crippen LogP contribution < -0.4 is 11.1 Å². The number of hydrogen-bond donors (Lipinski definition) is 1. The number of hydrogen-bond acceptors (Lipinski definition) is 6. The first-order valence-corrected chi connectivity index (χ1v) is 6.41. The van der Waals surface area contributed by atoms with Crippen molar-refractivity contribution in [2.24, 2.45) is 14.1 Å². The van der Waals surface area contributed by atoms with Crippen LogP contribution in [0.15, 0.2) is 27.9 Å². The van der Waals surface area contributed by atoms with E-state index in [4.69, 9.17) is 16.1 Å². The fourth-order valence-electron chi connectivity index (χ4n) is 1.82. The molecular formula is C11H10ClN7O3. The molecule has 0 aromatic carbocycles. The highest BCUT2D eigenvalue weighted by Crippen LogP contribution is 2.26. The average molecular weight is 324 g/mol. The first-order chi connectivity index (χ1) is 10.5. The molecule has 0 unspecified atom stereocenters. The maximum Gasteiger partial charge on any atom is 0.364 e. The Morgan fingerprint density at radius 1 is 1.32 bits per heavy atom. The third-order valence-corrected chi connectivity index (χ3v) is 3.19. The van der Waals surface area contributed by atoms with Gasteiger partial charge in [-0.05, 0) is 0 Å². The standard InChI is InChI=1S/C11H10ClN7O3/c1-17-9(6(12)4-13-17)7-3-8(22-16-7)10(20)15-19-5-14-18(2)11(19)21/h3-5H,1-2H3,(H,15,20). The zero-order valence-electron chi connectivity index (χ0n) is 11.5. The van der Waals surface area contributed by atoms with Crippen LogP contribution in [0, 0.1) is 0 Å². The van der Waals surface area contributed by atoms with E-state index in [-0.39, 0.29) is 5.76 Å². The molecule has 0 radical (unpaired) electrons. The third kappa shape index (κ3) is 2.29. The van der Waals surface area contributed by atoms with Crippen LogP contribution in [0.5, 0.6) is 0 Å². The predicted octanol–water partition coefficient (Wildman–Crippen LogP) is 0.00760. The Morgan fingerprint density at radius 3 is 2.68 bits per heavy atom. The van der Waals surface area contributed by atoms with Gasteiger partial charge in [0.25, 0.3) is 0 Å². The first kappa shape index (κ1) is 14.1. The average Bonchev–Trinajstić information content (AvgIpc) is 3.15. The SMILES string of the molecule is Cn1ncc(Cl)c1-c1cc(C(=O)Nn2cnn(C)c2=O)on1. The van der Waals surface area contributed by atoms with Crippen LogP contribution in [-0.4, -0.2) is 35.3 Å². The van der Waals surface area contributed by atoms with Crippen molar-refractivity contribution >= 4 is 17.5 Å². The summed E-state index contributed by atoms with van der Waals surface area (Å²) in [4.78, 5) is 23.6. The molecule has 0 saturated heterocycles. The monoisotopic (exact) mass is 323 g/mol. The summed E-state index contributed by atoms with van der Waals surface area (Å²) in [6.45, 7) is 0. The highest BCUT2D eigenvalue weighted by molar-refractivity contribution is 6.32. The molecule has 3 aromatic rings. The molecule has 10 nitrogen and oxygen atoms in total. The molecule has 1 N–H and O–H groups in total. The van der Waals surface area contributed by atoms with Crippen LogP contribution in [0.1, 0.15) is 10.6 Å². The van der Waals surface area contributed by atoms with Crippen molar-refractivity contribution in [1.82, 2.24) is 29.4 Å². The Bertz CT molecular complexity index is 884. The van der Waals surface area contributed by atoms with Gasteiger partial charge in [-0.25, -0.2) is 9.48 Å². The second-order valence-electron chi connectivity index (χ2n) is 4.39. The molecule has 3 heterocycles. The number of amides is 1. The van der Waals surface area contributed by atoms with E-state index in [9.17, 15) is 9.59 Å². The minimum atomic E-state index is -0.646. The third-order valence-electron chi connectivity index (χ3n) is 2.92. The fourth-order valence-corrected chi connectivity index (χ4v) is 2.08. The zero-order chi connectivity index (χ0) is 15.9. The molecule has 0 bridgehead atoms. The molecule has 3 rings (SSSR count). The predicted molar refractivity (Wildman–Crippen MR) is 74.9 cm³/mol. The van der Waals surface area contributed by atoms with Gasteiger partial charge in [0.15, 0.2) is 0 Å². The van der Waals surface area contributed by atoms with E-state index in [0.29, 0.717) is 16.4 Å². The van der Waals surface area contributed by atoms with Gasteiger partial charge in [0.05, 0.1) is 11.2 Å². The number of carbonyl (C=O) groups is 1. The summed E-state index contributed by atoms with van der Waals surface area (Å²) >= 11 is 6.00. The van der Waals surface area contributed by atoms with Crippen LogP contribution in [0.2, 0.25) is 5.02 Å². The van der Waals surface area contributed by atoms with Gasteiger partial charge in [0.2, 0.25) is 5.76 Å². The van der Waals surface area contributed by atoms with E-state index in [1.54, 1.807) is 7.05 Å². The minimum absolute atomic E-state index is 0.0805. The van der Waals surface area contributed by atoms with Gasteiger partial charge in [-0.15, -0.1) is 0 Å². The van der Waals surface area contributed by atoms with Gasteiger partial charge < -0.3 is 4.52 Å². The van der Waals surface area contributed by atoms with Crippen molar-refractivity contribution in [3.8, 4) is 11.4 Å². The minimum Gasteiger partial charge on any atom is -0.350 e. The fraction of sp³-hybridized carbons (Fsp3) is 0.182. The van der Waals surface area contributed by atoms with Crippen molar-refractivity contribution in [3.63, 3.8) is 0 Å². The Balaban J connectivity index is 1.86. The summed E-state index contributed by atoms with van der Waals surface area (Å²) in [6, 6.07) is 1.40. The number of aromatic nitrogens is 6. The molecule has 0 fully saturated rings. The van der Waals surface area contributed by atoms with Gasteiger partial charge >= 0.3 is 11.6 Å². The van der Waals surface area contributed by atoms with E-state index in [1.165, 1.54) is 30.3 Å². The lowest BCUT2D eigenvalue weighted by molar-refractivity contribution is 0.0972. The number of carbonyl (C=O) groups excluding carboxylic acids is 1. The normalized spacial score (nSPS) is 10.9. The number of aryl methyl sites for hydroxylation is 2. The Morgan fingerprint density at radius 2 is 2.09 bits per heavy atom. The molecule has 0 spiro atoms. The molecule has 0 atom stereocenters. The topological polar surface area (TPSA) is 113 Å². The lowest BCUT2D eigenvalue weighted by Crippen LogP contribution is -2.33. The van der Waals surface area contributed by atoms with Crippen molar-refractivity contribution in [1.29, 1.82) is 0 Å². The molecule has 1 amide bonds. The quantitative estimate of drug-likeness (QED) is 0.726. The summed E-state index contributed by atoms with van der Waals surface area (Å²) in [5, 5.41) is 11.8. The first-order valence-electron chi connectivity index (χ1n) is 6.04. The number of nitrogens with zero attached hydrogens (tertiary/aromatic N) is 6. The molecule has 0 saturated carbocycles. The van der Waals surface area contributed by atoms with Crippen LogP contribution in [0.25, 0.3) is 11.4 Å². The highest BCUT2D eigenvalue weighted by atomic mass is 35.5. The summed E-state index contributed by atoms with van der Waals surface area (Å²) in [6.07, 6.45) is 2.63. The van der Waals surface area contributed by atoms with Gasteiger partial charge in [0, 0.05) is 20.2 Å². The summed E-state index contributed by atoms with van der Waals surface area (Å²) in [5.74, 6) is -0.727. The molecule has 114 valence electrons. The summed E-state index contributed by atoms with van der Waals surface area (Å²) in [7, 11) is 3.15. The highest BCUT2D eigenvalue weighted by Gasteiger charge is 2.19. The number of nitrogens with one attached hydrogen (secondary N) is 1. The van der Waals surface area contributed by atoms with E-state index in [2.05, 4.69) is 20.8 Å². The zero-order valence-corrected chi connectivity index (χ0v) is 12.3. The molecule has 0 aliphatic heterocycles. The van der Waals surface area contributed by atoms with E-state index in [1.807, 2.05) is 0 Å². The molecule has 0 aliphatic carbocycles. The molecule has 11 heteroatoms. The van der Waals surface area contributed by atoms with Crippen molar-refractivity contribution in [2.75, 3.05) is 5.43 Å². The van der Waals surface area contributed by atoms with Crippen molar-refractivity contribution < 1.29 is 9.32 Å². The van der Waals surface area contributed by atoms with Crippen LogP contribution in [-0.2, 0) is 14.1 Å². The van der Waals surface area contributed by atoms with Gasteiger partial charge in [0.1, 0.15) is 17.7 Å². The van der Waals surface area contributed by atoms with Gasteiger partial charge in [-0.3, -0.25) is 14.9 Å². The van der Waals surface area contributed by atoms with Crippen molar-refractivity contribution in [3.05, 3.63) is 39.9 Å². The smallest absolute Gasteiger partial charge is 0.350 e. The largest absolute Gasteiger partial charge is 0.364 e. The number of rotatable bonds is 3. The van der Waals surface area contributed by atoms with E-state index in [0.717, 1.165) is 9.36 Å². The lowest BCUT2D eigenvalue weighted by atomic mass is 10.3. The summed E-state index contributed by atoms with van der Waals surface area (Å²) in [5.41, 5.74) is 2.70. The molecule has 0 aliphatic rings. The molecule has 22 heavy (non-hydrogen) atoms. The van der Waals surface area contributed by atoms with Gasteiger partial charge in [-0.2, -0.15) is 14.9 Å².